The predicted octanol–water partition coefficient (Wildman–Crippen LogP) is 3.32. The summed E-state index contributed by atoms with van der Waals surface area (Å²) in [6.45, 7) is 1.98. The van der Waals surface area contributed by atoms with Crippen LogP contribution in [0, 0.1) is 6.92 Å². The fourth-order valence-electron chi connectivity index (χ4n) is 1.13. The van der Waals surface area contributed by atoms with Crippen molar-refractivity contribution in [2.24, 2.45) is 5.73 Å². The van der Waals surface area contributed by atoms with Crippen LogP contribution in [0.2, 0.25) is 0 Å². The van der Waals surface area contributed by atoms with Gasteiger partial charge in [0.1, 0.15) is 5.01 Å². The van der Waals surface area contributed by atoms with Gasteiger partial charge in [-0.3, -0.25) is 0 Å². The molecule has 0 amide bonds. The minimum Gasteiger partial charge on any atom is -0.318 e. The van der Waals surface area contributed by atoms with Gasteiger partial charge in [0, 0.05) is 16.0 Å². The average Bonchev–Trinajstić information content (AvgIpc) is 2.73. The fourth-order valence-corrected chi connectivity index (χ4v) is 3.45. The first-order chi connectivity index (χ1) is 6.66. The third-order valence-corrected chi connectivity index (χ3v) is 4.56. The summed E-state index contributed by atoms with van der Waals surface area (Å²) in [6.07, 6.45) is 0. The Labute approximate surface area is 98.9 Å². The highest BCUT2D eigenvalue weighted by Gasteiger charge is 2.14. The summed E-state index contributed by atoms with van der Waals surface area (Å²) in [6, 6.07) is 3.97. The van der Waals surface area contributed by atoms with E-state index in [1.54, 1.807) is 22.7 Å². The van der Waals surface area contributed by atoms with E-state index < -0.39 is 0 Å². The number of thiazole rings is 1. The zero-order valence-corrected chi connectivity index (χ0v) is 10.7. The molecule has 0 fully saturated rings. The van der Waals surface area contributed by atoms with Gasteiger partial charge in [-0.05, 0) is 35.0 Å². The highest BCUT2D eigenvalue weighted by molar-refractivity contribution is 9.11. The van der Waals surface area contributed by atoms with Gasteiger partial charge in [-0.1, -0.05) is 0 Å². The van der Waals surface area contributed by atoms with E-state index in [0.29, 0.717) is 0 Å². The number of thiophene rings is 1. The van der Waals surface area contributed by atoms with Crippen molar-refractivity contribution in [1.29, 1.82) is 0 Å². The van der Waals surface area contributed by atoms with Crippen LogP contribution in [0.1, 0.15) is 21.6 Å². The van der Waals surface area contributed by atoms with Crippen LogP contribution in [-0.4, -0.2) is 4.98 Å². The van der Waals surface area contributed by atoms with Crippen molar-refractivity contribution >= 4 is 38.6 Å². The molecule has 74 valence electrons. The number of aryl methyl sites for hydroxylation is 1. The van der Waals surface area contributed by atoms with E-state index >= 15 is 0 Å². The van der Waals surface area contributed by atoms with Crippen molar-refractivity contribution in [3.63, 3.8) is 0 Å². The quantitative estimate of drug-likeness (QED) is 0.921. The van der Waals surface area contributed by atoms with Crippen LogP contribution in [0.3, 0.4) is 0 Å². The van der Waals surface area contributed by atoms with Gasteiger partial charge >= 0.3 is 0 Å². The second-order valence-corrected chi connectivity index (χ2v) is 6.33. The molecular formula is C9H9BrN2S2. The average molecular weight is 289 g/mol. The molecular weight excluding hydrogens is 280 g/mol. The second kappa shape index (κ2) is 4.10. The Kier molecular flexibility index (Phi) is 3.02. The Bertz CT molecular complexity index is 395. The van der Waals surface area contributed by atoms with Crippen LogP contribution >= 0.6 is 38.6 Å². The van der Waals surface area contributed by atoms with Crippen molar-refractivity contribution in [3.8, 4) is 0 Å². The first-order valence-corrected chi connectivity index (χ1v) is 6.58. The summed E-state index contributed by atoms with van der Waals surface area (Å²) < 4.78 is 1.11. The standard InChI is InChI=1S/C9H9BrN2S2/c1-5-4-13-9(12-5)8(11)6-2-3-7(10)14-6/h2-4,8H,11H2,1H3. The maximum Gasteiger partial charge on any atom is 0.115 e. The Morgan fingerprint density at radius 3 is 2.79 bits per heavy atom. The third-order valence-electron chi connectivity index (χ3n) is 1.80. The molecule has 0 aliphatic heterocycles. The lowest BCUT2D eigenvalue weighted by molar-refractivity contribution is 0.872. The highest BCUT2D eigenvalue weighted by atomic mass is 79.9. The van der Waals surface area contributed by atoms with Crippen LogP contribution in [0.5, 0.6) is 0 Å². The molecule has 2 N–H and O–H groups in total. The molecule has 0 bridgehead atoms. The Morgan fingerprint density at radius 1 is 1.50 bits per heavy atom. The zero-order valence-electron chi connectivity index (χ0n) is 7.53. The molecule has 0 spiro atoms. The summed E-state index contributed by atoms with van der Waals surface area (Å²) in [7, 11) is 0. The number of rotatable bonds is 2. The van der Waals surface area contributed by atoms with Gasteiger partial charge in [0.2, 0.25) is 0 Å². The normalized spacial score (nSPS) is 13.1. The van der Waals surface area contributed by atoms with E-state index in [9.17, 15) is 0 Å². The maximum atomic E-state index is 6.08. The van der Waals surface area contributed by atoms with Crippen molar-refractivity contribution in [3.05, 3.63) is 36.9 Å². The number of halogens is 1. The molecule has 2 rings (SSSR count). The summed E-state index contributed by atoms with van der Waals surface area (Å²) in [5.41, 5.74) is 7.12. The fraction of sp³-hybridized carbons (Fsp3) is 0.222. The number of hydrogen-bond acceptors (Lipinski definition) is 4. The van der Waals surface area contributed by atoms with Gasteiger partial charge in [0.05, 0.1) is 9.83 Å². The van der Waals surface area contributed by atoms with Gasteiger partial charge in [-0.25, -0.2) is 4.98 Å². The molecule has 14 heavy (non-hydrogen) atoms. The van der Waals surface area contributed by atoms with Gasteiger partial charge < -0.3 is 5.73 Å². The molecule has 0 saturated carbocycles. The van der Waals surface area contributed by atoms with Crippen LogP contribution in [-0.2, 0) is 0 Å². The third kappa shape index (κ3) is 2.06. The van der Waals surface area contributed by atoms with E-state index in [4.69, 9.17) is 5.73 Å². The highest BCUT2D eigenvalue weighted by Crippen LogP contribution is 2.30. The van der Waals surface area contributed by atoms with Crippen LogP contribution < -0.4 is 5.73 Å². The number of nitrogens with zero attached hydrogens (tertiary/aromatic N) is 1. The molecule has 2 nitrogen and oxygen atoms in total. The van der Waals surface area contributed by atoms with E-state index in [-0.39, 0.29) is 6.04 Å². The van der Waals surface area contributed by atoms with Gasteiger partial charge in [-0.2, -0.15) is 0 Å². The summed E-state index contributed by atoms with van der Waals surface area (Å²) >= 11 is 6.70. The van der Waals surface area contributed by atoms with Gasteiger partial charge in [-0.15, -0.1) is 22.7 Å². The van der Waals surface area contributed by atoms with E-state index in [2.05, 4.69) is 20.9 Å². The minimum atomic E-state index is -0.0787. The molecule has 0 aromatic carbocycles. The van der Waals surface area contributed by atoms with E-state index in [0.717, 1.165) is 19.4 Å². The molecule has 1 unspecified atom stereocenters. The molecule has 0 saturated heterocycles. The second-order valence-electron chi connectivity index (χ2n) is 2.95. The van der Waals surface area contributed by atoms with Crippen molar-refractivity contribution in [1.82, 2.24) is 4.98 Å². The summed E-state index contributed by atoms with van der Waals surface area (Å²) in [5, 5.41) is 3.01. The lowest BCUT2D eigenvalue weighted by Crippen LogP contribution is -2.09. The molecule has 0 radical (unpaired) electrons. The van der Waals surface area contributed by atoms with Crippen LogP contribution in [0.4, 0.5) is 0 Å². The largest absolute Gasteiger partial charge is 0.318 e. The number of aromatic nitrogens is 1. The first-order valence-electron chi connectivity index (χ1n) is 4.09. The molecule has 2 aromatic rings. The SMILES string of the molecule is Cc1csc(C(N)c2ccc(Br)s2)n1. The lowest BCUT2D eigenvalue weighted by Gasteiger charge is -2.04. The molecule has 0 aliphatic rings. The van der Waals surface area contributed by atoms with E-state index in [1.165, 1.54) is 0 Å². The Hall–Kier alpha value is -0.230. The van der Waals surface area contributed by atoms with Gasteiger partial charge in [0.25, 0.3) is 0 Å². The number of hydrogen-bond donors (Lipinski definition) is 1. The predicted molar refractivity (Wildman–Crippen MR) is 64.9 cm³/mol. The Morgan fingerprint density at radius 2 is 2.29 bits per heavy atom. The van der Waals surface area contributed by atoms with E-state index in [1.807, 2.05) is 24.4 Å². The summed E-state index contributed by atoms with van der Waals surface area (Å²) in [5.74, 6) is 0. The monoisotopic (exact) mass is 288 g/mol. The minimum absolute atomic E-state index is 0.0787. The molecule has 5 heteroatoms. The van der Waals surface area contributed by atoms with Crippen molar-refractivity contribution in [2.75, 3.05) is 0 Å². The van der Waals surface area contributed by atoms with Crippen molar-refractivity contribution < 1.29 is 0 Å². The van der Waals surface area contributed by atoms with Gasteiger partial charge in [0.15, 0.2) is 0 Å². The van der Waals surface area contributed by atoms with Crippen LogP contribution in [0.25, 0.3) is 0 Å². The zero-order chi connectivity index (χ0) is 10.1. The number of nitrogens with two attached hydrogens (primary N) is 1. The Balaban J connectivity index is 2.28. The lowest BCUT2D eigenvalue weighted by atomic mass is 10.3. The first kappa shape index (κ1) is 10.3. The van der Waals surface area contributed by atoms with Crippen LogP contribution in [0.15, 0.2) is 21.3 Å². The molecule has 0 aliphatic carbocycles. The smallest absolute Gasteiger partial charge is 0.115 e. The topological polar surface area (TPSA) is 38.9 Å². The van der Waals surface area contributed by atoms with Crippen molar-refractivity contribution in [2.45, 2.75) is 13.0 Å². The molecule has 1 atom stereocenters. The summed E-state index contributed by atoms with van der Waals surface area (Å²) in [4.78, 5) is 5.53. The maximum absolute atomic E-state index is 6.08. The molecule has 2 heterocycles. The molecule has 2 aromatic heterocycles.